The number of carbonyl (C=O) groups is 1. The Bertz CT molecular complexity index is 607. The number of hydrogen-bond donors (Lipinski definition) is 1. The first-order chi connectivity index (χ1) is 8.72. The van der Waals surface area contributed by atoms with Crippen molar-refractivity contribution in [3.05, 3.63) is 63.0 Å². The third kappa shape index (κ3) is 2.60. The molecular weight excluding hydrogens is 254 g/mol. The topological polar surface area (TPSA) is 59.2 Å². The first-order valence-electron chi connectivity index (χ1n) is 5.25. The van der Waals surface area contributed by atoms with Crippen molar-refractivity contribution in [3.8, 4) is 5.75 Å². The Morgan fingerprint density at radius 2 is 2.00 bits per heavy atom. The summed E-state index contributed by atoms with van der Waals surface area (Å²) < 4.78 is 5.36. The van der Waals surface area contributed by atoms with Crippen LogP contribution in [0.4, 0.5) is 0 Å². The molecule has 0 bridgehead atoms. The van der Waals surface area contributed by atoms with E-state index in [-0.39, 0.29) is 23.1 Å². The summed E-state index contributed by atoms with van der Waals surface area (Å²) in [6.07, 6.45) is 1.82. The molecule has 2 aromatic rings. The van der Waals surface area contributed by atoms with Crippen LogP contribution in [0, 0.1) is 0 Å². The van der Waals surface area contributed by atoms with E-state index in [1.54, 1.807) is 0 Å². The lowest BCUT2D eigenvalue weighted by Gasteiger charge is -2.06. The molecule has 0 saturated heterocycles. The van der Waals surface area contributed by atoms with E-state index in [2.05, 4.69) is 4.98 Å². The summed E-state index contributed by atoms with van der Waals surface area (Å²) in [5.74, 6) is 0.0921. The number of H-pyrrole nitrogens is 1. The van der Waals surface area contributed by atoms with Gasteiger partial charge in [-0.25, -0.2) is 0 Å². The highest BCUT2D eigenvalue weighted by molar-refractivity contribution is 6.32. The molecule has 0 aliphatic rings. The number of aromatic amines is 1. The van der Waals surface area contributed by atoms with Crippen LogP contribution in [0.2, 0.25) is 5.02 Å². The summed E-state index contributed by atoms with van der Waals surface area (Å²) in [6, 6.07) is 9.42. The highest BCUT2D eigenvalue weighted by atomic mass is 35.5. The van der Waals surface area contributed by atoms with Gasteiger partial charge >= 0.3 is 0 Å². The van der Waals surface area contributed by atoms with Gasteiger partial charge in [0, 0.05) is 6.20 Å². The van der Waals surface area contributed by atoms with Crippen molar-refractivity contribution >= 4 is 17.9 Å². The predicted octanol–water partition coefficient (Wildman–Crippen LogP) is 2.42. The number of aromatic nitrogens is 1. The average molecular weight is 264 g/mol. The third-order valence-corrected chi connectivity index (χ3v) is 2.75. The van der Waals surface area contributed by atoms with E-state index in [4.69, 9.17) is 16.3 Å². The minimum atomic E-state index is -0.492. The molecule has 0 aliphatic carbocycles. The lowest BCUT2D eigenvalue weighted by molar-refractivity contribution is 0.111. The van der Waals surface area contributed by atoms with Crippen molar-refractivity contribution in [2.24, 2.45) is 0 Å². The van der Waals surface area contributed by atoms with E-state index in [9.17, 15) is 9.59 Å². The molecule has 0 saturated carbocycles. The first kappa shape index (κ1) is 12.4. The standard InChI is InChI=1S/C13H10ClNO3/c14-12-10(7-16)15-6-11(13(12)17)18-8-9-4-2-1-3-5-9/h1-7H,8H2,(H,15,17). The number of ether oxygens (including phenoxy) is 1. The molecule has 18 heavy (non-hydrogen) atoms. The molecule has 0 atom stereocenters. The largest absolute Gasteiger partial charge is 0.483 e. The van der Waals surface area contributed by atoms with Crippen LogP contribution in [0.1, 0.15) is 16.1 Å². The second-order valence-corrected chi connectivity index (χ2v) is 3.98. The van der Waals surface area contributed by atoms with Gasteiger partial charge in [0.25, 0.3) is 0 Å². The molecule has 0 aliphatic heterocycles. The monoisotopic (exact) mass is 263 g/mol. The Hall–Kier alpha value is -2.07. The fourth-order valence-corrected chi connectivity index (χ4v) is 1.62. The van der Waals surface area contributed by atoms with E-state index in [1.807, 2.05) is 30.3 Å². The van der Waals surface area contributed by atoms with E-state index in [0.29, 0.717) is 6.29 Å². The van der Waals surface area contributed by atoms with Crippen molar-refractivity contribution in [1.29, 1.82) is 0 Å². The average Bonchev–Trinajstić information content (AvgIpc) is 2.42. The van der Waals surface area contributed by atoms with Crippen LogP contribution in [0.5, 0.6) is 5.75 Å². The number of nitrogens with one attached hydrogen (secondary N) is 1. The molecule has 0 spiro atoms. The van der Waals surface area contributed by atoms with Crippen LogP contribution in [0.25, 0.3) is 0 Å². The number of pyridine rings is 1. The Kier molecular flexibility index (Phi) is 3.79. The maximum absolute atomic E-state index is 11.7. The summed E-state index contributed by atoms with van der Waals surface area (Å²) >= 11 is 5.73. The highest BCUT2D eigenvalue weighted by Crippen LogP contribution is 2.12. The first-order valence-corrected chi connectivity index (χ1v) is 5.63. The number of aldehydes is 1. The van der Waals surface area contributed by atoms with E-state index >= 15 is 0 Å². The number of hydrogen-bond acceptors (Lipinski definition) is 3. The molecule has 1 aromatic carbocycles. The third-order valence-electron chi connectivity index (χ3n) is 2.37. The van der Waals surface area contributed by atoms with E-state index in [1.165, 1.54) is 6.20 Å². The lowest BCUT2D eigenvalue weighted by Crippen LogP contribution is -2.11. The minimum absolute atomic E-state index is 0.0497. The van der Waals surface area contributed by atoms with Crippen LogP contribution >= 0.6 is 11.6 Å². The number of halogens is 1. The van der Waals surface area contributed by atoms with Crippen LogP contribution < -0.4 is 10.2 Å². The van der Waals surface area contributed by atoms with Gasteiger partial charge in [-0.1, -0.05) is 41.9 Å². The number of benzene rings is 1. The van der Waals surface area contributed by atoms with Gasteiger partial charge in [-0.2, -0.15) is 0 Å². The summed E-state index contributed by atoms with van der Waals surface area (Å²) in [5, 5.41) is -0.157. The summed E-state index contributed by atoms with van der Waals surface area (Å²) in [6.45, 7) is 0.265. The van der Waals surface area contributed by atoms with Crippen LogP contribution in [0.3, 0.4) is 0 Å². The second kappa shape index (κ2) is 5.51. The van der Waals surface area contributed by atoms with Crippen molar-refractivity contribution in [2.45, 2.75) is 6.61 Å². The van der Waals surface area contributed by atoms with Gasteiger partial charge in [0.1, 0.15) is 17.3 Å². The van der Waals surface area contributed by atoms with Gasteiger partial charge < -0.3 is 9.72 Å². The van der Waals surface area contributed by atoms with Crippen LogP contribution in [-0.2, 0) is 6.61 Å². The van der Waals surface area contributed by atoms with E-state index in [0.717, 1.165) is 5.56 Å². The minimum Gasteiger partial charge on any atom is -0.483 e. The molecule has 0 amide bonds. The Balaban J connectivity index is 2.18. The van der Waals surface area contributed by atoms with E-state index < -0.39 is 5.43 Å². The quantitative estimate of drug-likeness (QED) is 0.862. The van der Waals surface area contributed by atoms with Crippen LogP contribution in [-0.4, -0.2) is 11.3 Å². The molecule has 1 aromatic heterocycles. The second-order valence-electron chi connectivity index (χ2n) is 3.60. The Labute approximate surface area is 108 Å². The molecule has 0 unspecified atom stereocenters. The van der Waals surface area contributed by atoms with Crippen LogP contribution in [0.15, 0.2) is 41.3 Å². The molecule has 92 valence electrons. The van der Waals surface area contributed by atoms with Gasteiger partial charge in [0.05, 0.1) is 0 Å². The van der Waals surface area contributed by atoms with Crippen molar-refractivity contribution in [2.75, 3.05) is 0 Å². The zero-order valence-corrected chi connectivity index (χ0v) is 10.1. The maximum Gasteiger partial charge on any atom is 0.242 e. The number of rotatable bonds is 4. The fourth-order valence-electron chi connectivity index (χ4n) is 1.43. The summed E-state index contributed by atoms with van der Waals surface area (Å²) in [7, 11) is 0. The lowest BCUT2D eigenvalue weighted by atomic mass is 10.2. The van der Waals surface area contributed by atoms with Crippen molar-refractivity contribution in [1.82, 2.24) is 4.98 Å². The molecule has 0 fully saturated rings. The molecular formula is C13H10ClNO3. The molecule has 5 heteroatoms. The van der Waals surface area contributed by atoms with Gasteiger partial charge in [-0.3, -0.25) is 9.59 Å². The summed E-state index contributed by atoms with van der Waals surface area (Å²) in [5.41, 5.74) is 0.495. The number of carbonyl (C=O) groups excluding carboxylic acids is 1. The molecule has 0 radical (unpaired) electrons. The zero-order valence-electron chi connectivity index (χ0n) is 9.35. The van der Waals surface area contributed by atoms with Crippen molar-refractivity contribution in [3.63, 3.8) is 0 Å². The SMILES string of the molecule is O=Cc1[nH]cc(OCc2ccccc2)c(=O)c1Cl. The highest BCUT2D eigenvalue weighted by Gasteiger charge is 2.09. The maximum atomic E-state index is 11.7. The normalized spacial score (nSPS) is 10.1. The smallest absolute Gasteiger partial charge is 0.242 e. The summed E-state index contributed by atoms with van der Waals surface area (Å²) in [4.78, 5) is 24.9. The van der Waals surface area contributed by atoms with Gasteiger partial charge in [-0.05, 0) is 5.56 Å². The predicted molar refractivity (Wildman–Crippen MR) is 68.2 cm³/mol. The Morgan fingerprint density at radius 1 is 1.28 bits per heavy atom. The zero-order chi connectivity index (χ0) is 13.0. The van der Waals surface area contributed by atoms with Gasteiger partial charge in [0.2, 0.25) is 5.43 Å². The fraction of sp³-hybridized carbons (Fsp3) is 0.0769. The van der Waals surface area contributed by atoms with Crippen molar-refractivity contribution < 1.29 is 9.53 Å². The van der Waals surface area contributed by atoms with Gasteiger partial charge in [0.15, 0.2) is 12.0 Å². The molecule has 2 rings (SSSR count). The van der Waals surface area contributed by atoms with Gasteiger partial charge in [-0.15, -0.1) is 0 Å². The Morgan fingerprint density at radius 3 is 2.67 bits per heavy atom. The molecule has 1 heterocycles. The molecule has 1 N–H and O–H groups in total. The molecule has 4 nitrogen and oxygen atoms in total.